The third-order valence-corrected chi connectivity index (χ3v) is 3.80. The number of carbonyl (C=O) groups excluding carboxylic acids is 1. The summed E-state index contributed by atoms with van der Waals surface area (Å²) in [5.74, 6) is 1.07. The predicted octanol–water partition coefficient (Wildman–Crippen LogP) is 2.14. The van der Waals surface area contributed by atoms with E-state index in [2.05, 4.69) is 4.99 Å². The Hall–Kier alpha value is -1.06. The number of aliphatic imine (C=N–C) groups is 1. The molecule has 1 heterocycles. The molecule has 2 N–H and O–H groups in total. The van der Waals surface area contributed by atoms with E-state index in [0.717, 1.165) is 0 Å². The lowest BCUT2D eigenvalue weighted by atomic mass is 9.90. The summed E-state index contributed by atoms with van der Waals surface area (Å²) in [5.41, 5.74) is 5.90. The van der Waals surface area contributed by atoms with E-state index in [1.165, 1.54) is 38.5 Å². The van der Waals surface area contributed by atoms with Crippen molar-refractivity contribution in [3.05, 3.63) is 0 Å². The van der Waals surface area contributed by atoms with Gasteiger partial charge < -0.3 is 10.6 Å². The summed E-state index contributed by atoms with van der Waals surface area (Å²) >= 11 is 0. The zero-order valence-corrected chi connectivity index (χ0v) is 9.98. The molecule has 4 heteroatoms. The first-order chi connectivity index (χ1) is 7.74. The van der Waals surface area contributed by atoms with Gasteiger partial charge in [0.05, 0.1) is 6.04 Å². The third-order valence-electron chi connectivity index (χ3n) is 3.80. The minimum absolute atomic E-state index is 0.0793. The molecule has 0 saturated heterocycles. The fourth-order valence-electron chi connectivity index (χ4n) is 2.97. The molecule has 2 aliphatic rings. The van der Waals surface area contributed by atoms with Crippen LogP contribution in [0.5, 0.6) is 0 Å². The molecule has 1 saturated carbocycles. The van der Waals surface area contributed by atoms with Gasteiger partial charge in [0.15, 0.2) is 0 Å². The highest BCUT2D eigenvalue weighted by Crippen LogP contribution is 2.30. The number of hydrogen-bond acceptors (Lipinski definition) is 2. The van der Waals surface area contributed by atoms with Crippen LogP contribution in [0.1, 0.15) is 45.4 Å². The monoisotopic (exact) mass is 223 g/mol. The van der Waals surface area contributed by atoms with Gasteiger partial charge in [-0.3, -0.25) is 0 Å². The molecule has 1 fully saturated rings. The van der Waals surface area contributed by atoms with Crippen molar-refractivity contribution >= 4 is 11.9 Å². The van der Waals surface area contributed by atoms with Crippen LogP contribution in [0.15, 0.2) is 4.99 Å². The van der Waals surface area contributed by atoms with Crippen LogP contribution in [0, 0.1) is 5.92 Å². The summed E-state index contributed by atoms with van der Waals surface area (Å²) in [5, 5.41) is 0. The number of hydrogen-bond donors (Lipinski definition) is 1. The second-order valence-corrected chi connectivity index (χ2v) is 4.80. The molecule has 0 aromatic carbocycles. The molecule has 1 aliphatic heterocycles. The third kappa shape index (κ3) is 2.06. The van der Waals surface area contributed by atoms with E-state index < -0.39 is 0 Å². The SMILES string of the molecule is CCN1C(=O)N=C(N)C1C1CCCCCC1. The van der Waals surface area contributed by atoms with Crippen molar-refractivity contribution in [3.63, 3.8) is 0 Å². The lowest BCUT2D eigenvalue weighted by Gasteiger charge is -2.29. The van der Waals surface area contributed by atoms with Crippen molar-refractivity contribution in [2.24, 2.45) is 16.6 Å². The molecule has 2 rings (SSSR count). The Morgan fingerprint density at radius 3 is 2.50 bits per heavy atom. The van der Waals surface area contributed by atoms with Gasteiger partial charge in [0.1, 0.15) is 5.84 Å². The standard InChI is InChI=1S/C12H21N3O/c1-2-15-10(11(13)14-12(15)16)9-7-5-3-4-6-8-9/h9-10H,2-8H2,1H3,(H2,13,14,16). The highest BCUT2D eigenvalue weighted by atomic mass is 16.2. The number of rotatable bonds is 2. The topological polar surface area (TPSA) is 58.7 Å². The summed E-state index contributed by atoms with van der Waals surface area (Å²) in [4.78, 5) is 17.3. The number of likely N-dealkylation sites (N-methyl/N-ethyl adjacent to an activating group) is 1. The molecule has 0 aromatic heterocycles. The Bertz CT molecular complexity index is 293. The Kier molecular flexibility index (Phi) is 3.46. The van der Waals surface area contributed by atoms with Crippen molar-refractivity contribution in [1.82, 2.24) is 4.90 Å². The summed E-state index contributed by atoms with van der Waals surface area (Å²) in [6.45, 7) is 2.71. The molecule has 0 spiro atoms. The average Bonchev–Trinajstić information content (AvgIpc) is 2.48. The fraction of sp³-hybridized carbons (Fsp3) is 0.833. The summed E-state index contributed by atoms with van der Waals surface area (Å²) in [6.07, 6.45) is 7.54. The van der Waals surface area contributed by atoms with Crippen molar-refractivity contribution in [2.45, 2.75) is 51.5 Å². The maximum atomic E-state index is 11.6. The molecule has 0 radical (unpaired) electrons. The average molecular weight is 223 g/mol. The zero-order valence-electron chi connectivity index (χ0n) is 9.98. The first-order valence-electron chi connectivity index (χ1n) is 6.38. The van der Waals surface area contributed by atoms with Gasteiger partial charge in [-0.2, -0.15) is 4.99 Å². The molecule has 1 atom stereocenters. The number of amides is 2. The molecule has 1 aliphatic carbocycles. The first-order valence-corrected chi connectivity index (χ1v) is 6.38. The van der Waals surface area contributed by atoms with Gasteiger partial charge in [-0.25, -0.2) is 4.79 Å². The van der Waals surface area contributed by atoms with Gasteiger partial charge in [-0.1, -0.05) is 25.7 Å². The molecule has 1 unspecified atom stereocenters. The van der Waals surface area contributed by atoms with Gasteiger partial charge in [-0.15, -0.1) is 0 Å². The van der Waals surface area contributed by atoms with Crippen LogP contribution in [0.25, 0.3) is 0 Å². The number of nitrogens with two attached hydrogens (primary N) is 1. The molecule has 90 valence electrons. The highest BCUT2D eigenvalue weighted by Gasteiger charge is 2.37. The van der Waals surface area contributed by atoms with Gasteiger partial charge >= 0.3 is 6.03 Å². The van der Waals surface area contributed by atoms with E-state index >= 15 is 0 Å². The fourth-order valence-corrected chi connectivity index (χ4v) is 2.97. The van der Waals surface area contributed by atoms with Crippen LogP contribution >= 0.6 is 0 Å². The van der Waals surface area contributed by atoms with E-state index in [1.54, 1.807) is 0 Å². The Balaban J connectivity index is 2.11. The van der Waals surface area contributed by atoms with Crippen molar-refractivity contribution in [1.29, 1.82) is 0 Å². The second kappa shape index (κ2) is 4.85. The quantitative estimate of drug-likeness (QED) is 0.729. The summed E-state index contributed by atoms with van der Waals surface area (Å²) < 4.78 is 0. The normalized spacial score (nSPS) is 28.1. The Labute approximate surface area is 96.9 Å². The van der Waals surface area contributed by atoms with Crippen molar-refractivity contribution in [3.8, 4) is 0 Å². The molecular formula is C12H21N3O. The second-order valence-electron chi connectivity index (χ2n) is 4.80. The lowest BCUT2D eigenvalue weighted by molar-refractivity contribution is 0.189. The van der Waals surface area contributed by atoms with Crippen LogP contribution in [-0.4, -0.2) is 29.4 Å². The number of nitrogens with zero attached hydrogens (tertiary/aromatic N) is 2. The zero-order chi connectivity index (χ0) is 11.5. The van der Waals surface area contributed by atoms with E-state index in [0.29, 0.717) is 18.3 Å². The largest absolute Gasteiger partial charge is 0.385 e. The minimum Gasteiger partial charge on any atom is -0.385 e. The maximum absolute atomic E-state index is 11.6. The van der Waals surface area contributed by atoms with E-state index in [9.17, 15) is 4.79 Å². The Morgan fingerprint density at radius 1 is 1.31 bits per heavy atom. The first kappa shape index (κ1) is 11.4. The number of carbonyl (C=O) groups is 1. The minimum atomic E-state index is -0.144. The molecule has 0 aromatic rings. The van der Waals surface area contributed by atoms with Crippen molar-refractivity contribution < 1.29 is 4.79 Å². The number of amidine groups is 1. The summed E-state index contributed by atoms with van der Waals surface area (Å²) in [7, 11) is 0. The van der Waals surface area contributed by atoms with E-state index in [4.69, 9.17) is 5.73 Å². The van der Waals surface area contributed by atoms with Crippen LogP contribution in [0.4, 0.5) is 4.79 Å². The highest BCUT2D eigenvalue weighted by molar-refractivity contribution is 6.02. The van der Waals surface area contributed by atoms with Gasteiger partial charge in [0.25, 0.3) is 0 Å². The Morgan fingerprint density at radius 2 is 1.94 bits per heavy atom. The molecule has 2 amide bonds. The number of urea groups is 1. The predicted molar refractivity (Wildman–Crippen MR) is 64.4 cm³/mol. The summed E-state index contributed by atoms with van der Waals surface area (Å²) in [6, 6.07) is -0.0650. The van der Waals surface area contributed by atoms with E-state index in [1.807, 2.05) is 11.8 Å². The van der Waals surface area contributed by atoms with E-state index in [-0.39, 0.29) is 12.1 Å². The van der Waals surface area contributed by atoms with Crippen LogP contribution < -0.4 is 5.73 Å². The lowest BCUT2D eigenvalue weighted by Crippen LogP contribution is -2.45. The van der Waals surface area contributed by atoms with Crippen LogP contribution in [0.2, 0.25) is 0 Å². The maximum Gasteiger partial charge on any atom is 0.345 e. The molecule has 0 bridgehead atoms. The molecule has 16 heavy (non-hydrogen) atoms. The molecule has 4 nitrogen and oxygen atoms in total. The van der Waals surface area contributed by atoms with Crippen molar-refractivity contribution in [2.75, 3.05) is 6.54 Å². The van der Waals surface area contributed by atoms with Gasteiger partial charge in [-0.05, 0) is 25.7 Å². The smallest absolute Gasteiger partial charge is 0.345 e. The van der Waals surface area contributed by atoms with Crippen LogP contribution in [0.3, 0.4) is 0 Å². The molecular weight excluding hydrogens is 202 g/mol. The van der Waals surface area contributed by atoms with Gasteiger partial charge in [0, 0.05) is 6.54 Å². The van der Waals surface area contributed by atoms with Crippen LogP contribution in [-0.2, 0) is 0 Å². The van der Waals surface area contributed by atoms with Gasteiger partial charge in [0.2, 0.25) is 0 Å².